The molecular weight excluding hydrogens is 330 g/mol. The summed E-state index contributed by atoms with van der Waals surface area (Å²) in [7, 11) is 0. The predicted octanol–water partition coefficient (Wildman–Crippen LogP) is 2.42. The van der Waals surface area contributed by atoms with Gasteiger partial charge in [0.1, 0.15) is 5.75 Å². The molecule has 1 aliphatic rings. The molecule has 26 heavy (non-hydrogen) atoms. The van der Waals surface area contributed by atoms with E-state index in [2.05, 4.69) is 15.8 Å². The van der Waals surface area contributed by atoms with Crippen molar-refractivity contribution in [3.8, 4) is 5.75 Å². The molecule has 0 unspecified atom stereocenters. The molecule has 0 saturated heterocycles. The molecule has 6 nitrogen and oxygen atoms in total. The first kappa shape index (κ1) is 17.9. The zero-order chi connectivity index (χ0) is 18.7. The highest BCUT2D eigenvalue weighted by atomic mass is 16.5. The Morgan fingerprint density at radius 3 is 2.73 bits per heavy atom. The third-order valence-electron chi connectivity index (χ3n) is 4.78. The number of nitrogens with zero attached hydrogens (tertiary/aromatic N) is 1. The number of benzene rings is 1. The fourth-order valence-electron chi connectivity index (χ4n) is 2.86. The van der Waals surface area contributed by atoms with Crippen molar-refractivity contribution in [1.29, 1.82) is 0 Å². The lowest BCUT2D eigenvalue weighted by Gasteiger charge is -2.17. The second-order valence-electron chi connectivity index (χ2n) is 6.67. The SMILES string of the molecule is Cc1cccc(O[C@H](C)C(=O)NNC(=O)[C@H]2C[C@H]2c2cccnc2)c1C. The molecule has 1 aliphatic carbocycles. The number of hydrazine groups is 1. The second kappa shape index (κ2) is 7.56. The summed E-state index contributed by atoms with van der Waals surface area (Å²) in [6, 6.07) is 9.52. The van der Waals surface area contributed by atoms with E-state index in [9.17, 15) is 9.59 Å². The van der Waals surface area contributed by atoms with Gasteiger partial charge in [0.05, 0.1) is 0 Å². The van der Waals surface area contributed by atoms with E-state index in [-0.39, 0.29) is 17.7 Å². The monoisotopic (exact) mass is 353 g/mol. The van der Waals surface area contributed by atoms with E-state index in [4.69, 9.17) is 4.74 Å². The molecule has 1 saturated carbocycles. The van der Waals surface area contributed by atoms with Gasteiger partial charge in [-0.3, -0.25) is 25.4 Å². The van der Waals surface area contributed by atoms with Crippen molar-refractivity contribution < 1.29 is 14.3 Å². The van der Waals surface area contributed by atoms with Crippen LogP contribution in [0.4, 0.5) is 0 Å². The normalized spacial score (nSPS) is 19.3. The Balaban J connectivity index is 1.48. The third kappa shape index (κ3) is 4.02. The van der Waals surface area contributed by atoms with E-state index in [1.807, 2.05) is 44.2 Å². The van der Waals surface area contributed by atoms with Gasteiger partial charge >= 0.3 is 0 Å². The summed E-state index contributed by atoms with van der Waals surface area (Å²) < 4.78 is 5.71. The lowest BCUT2D eigenvalue weighted by atomic mass is 10.1. The maximum absolute atomic E-state index is 12.2. The first-order valence-corrected chi connectivity index (χ1v) is 8.70. The van der Waals surface area contributed by atoms with E-state index in [0.717, 1.165) is 23.1 Å². The molecule has 0 radical (unpaired) electrons. The number of rotatable bonds is 5. The number of ether oxygens (including phenoxy) is 1. The lowest BCUT2D eigenvalue weighted by Crippen LogP contribution is -2.47. The Kier molecular flexibility index (Phi) is 5.21. The van der Waals surface area contributed by atoms with E-state index >= 15 is 0 Å². The molecule has 1 aromatic heterocycles. The van der Waals surface area contributed by atoms with Crippen molar-refractivity contribution in [1.82, 2.24) is 15.8 Å². The van der Waals surface area contributed by atoms with Gasteiger partial charge in [0.2, 0.25) is 5.91 Å². The summed E-state index contributed by atoms with van der Waals surface area (Å²) in [6.07, 6.45) is 3.53. The highest BCUT2D eigenvalue weighted by molar-refractivity contribution is 5.87. The van der Waals surface area contributed by atoms with Gasteiger partial charge in [-0.15, -0.1) is 0 Å². The number of aryl methyl sites for hydroxylation is 1. The van der Waals surface area contributed by atoms with Gasteiger partial charge in [0.25, 0.3) is 5.91 Å². The van der Waals surface area contributed by atoms with Crippen molar-refractivity contribution in [3.05, 3.63) is 59.4 Å². The molecule has 2 aromatic rings. The Morgan fingerprint density at radius 1 is 1.19 bits per heavy atom. The first-order valence-electron chi connectivity index (χ1n) is 8.70. The number of carbonyl (C=O) groups excluding carboxylic acids is 2. The van der Waals surface area contributed by atoms with Crippen molar-refractivity contribution in [3.63, 3.8) is 0 Å². The van der Waals surface area contributed by atoms with Gasteiger partial charge in [-0.05, 0) is 61.9 Å². The van der Waals surface area contributed by atoms with Crippen molar-refractivity contribution in [2.45, 2.75) is 39.2 Å². The summed E-state index contributed by atoms with van der Waals surface area (Å²) in [5.41, 5.74) is 8.09. The Labute approximate surface area is 152 Å². The molecule has 2 N–H and O–H groups in total. The fourth-order valence-corrected chi connectivity index (χ4v) is 2.86. The van der Waals surface area contributed by atoms with Crippen molar-refractivity contribution in [2.24, 2.45) is 5.92 Å². The number of nitrogens with one attached hydrogen (secondary N) is 2. The maximum Gasteiger partial charge on any atom is 0.279 e. The molecule has 3 rings (SSSR count). The van der Waals surface area contributed by atoms with Crippen LogP contribution in [0.1, 0.15) is 36.0 Å². The standard InChI is InChI=1S/C20H23N3O3/c1-12-6-4-8-18(13(12)2)26-14(3)19(24)22-23-20(25)17-10-16(17)15-7-5-9-21-11-15/h4-9,11,14,16-17H,10H2,1-3H3,(H,22,24)(H,23,25)/t14-,16+,17+/m1/s1. The van der Waals surface area contributed by atoms with E-state index in [1.54, 1.807) is 19.3 Å². The van der Waals surface area contributed by atoms with Gasteiger partial charge in [0, 0.05) is 18.3 Å². The smallest absolute Gasteiger partial charge is 0.279 e. The van der Waals surface area contributed by atoms with Gasteiger partial charge in [-0.2, -0.15) is 0 Å². The molecule has 6 heteroatoms. The largest absolute Gasteiger partial charge is 0.481 e. The summed E-state index contributed by atoms with van der Waals surface area (Å²) in [4.78, 5) is 28.4. The summed E-state index contributed by atoms with van der Waals surface area (Å²) >= 11 is 0. The number of pyridine rings is 1. The van der Waals surface area contributed by atoms with Crippen LogP contribution in [0.3, 0.4) is 0 Å². The Morgan fingerprint density at radius 2 is 2.00 bits per heavy atom. The van der Waals surface area contributed by atoms with Crippen LogP contribution in [0.5, 0.6) is 5.75 Å². The maximum atomic E-state index is 12.2. The zero-order valence-corrected chi connectivity index (χ0v) is 15.2. The van der Waals surface area contributed by atoms with Crippen LogP contribution in [0.25, 0.3) is 0 Å². The van der Waals surface area contributed by atoms with Gasteiger partial charge in [-0.1, -0.05) is 18.2 Å². The number of amides is 2. The van der Waals surface area contributed by atoms with E-state index < -0.39 is 12.0 Å². The van der Waals surface area contributed by atoms with Crippen molar-refractivity contribution >= 4 is 11.8 Å². The number of hydrogen-bond acceptors (Lipinski definition) is 4. The molecule has 0 bridgehead atoms. The van der Waals surface area contributed by atoms with Crippen LogP contribution in [0.2, 0.25) is 0 Å². The minimum atomic E-state index is -0.718. The summed E-state index contributed by atoms with van der Waals surface area (Å²) in [5, 5.41) is 0. The molecule has 0 aliphatic heterocycles. The second-order valence-corrected chi connectivity index (χ2v) is 6.67. The van der Waals surface area contributed by atoms with E-state index in [0.29, 0.717) is 5.75 Å². The predicted molar refractivity (Wildman–Crippen MR) is 97.4 cm³/mol. The molecule has 2 amide bonds. The van der Waals surface area contributed by atoms with Crippen LogP contribution in [-0.4, -0.2) is 22.9 Å². The zero-order valence-electron chi connectivity index (χ0n) is 15.2. The molecule has 0 spiro atoms. The lowest BCUT2D eigenvalue weighted by molar-refractivity contribution is -0.133. The average Bonchev–Trinajstić information content (AvgIpc) is 3.45. The topological polar surface area (TPSA) is 80.3 Å². The number of carbonyl (C=O) groups is 2. The molecule has 136 valence electrons. The first-order chi connectivity index (χ1) is 12.5. The molecule has 1 aromatic carbocycles. The van der Waals surface area contributed by atoms with E-state index in [1.165, 1.54) is 0 Å². The molecular formula is C20H23N3O3. The van der Waals surface area contributed by atoms with Crippen LogP contribution in [0, 0.1) is 19.8 Å². The number of hydrogen-bond donors (Lipinski definition) is 2. The van der Waals surface area contributed by atoms with Gasteiger partial charge < -0.3 is 4.74 Å². The van der Waals surface area contributed by atoms with Crippen LogP contribution >= 0.6 is 0 Å². The fraction of sp³-hybridized carbons (Fsp3) is 0.350. The minimum Gasteiger partial charge on any atom is -0.481 e. The molecule has 1 heterocycles. The Bertz CT molecular complexity index is 807. The average molecular weight is 353 g/mol. The highest BCUT2D eigenvalue weighted by Crippen LogP contribution is 2.47. The van der Waals surface area contributed by atoms with Crippen LogP contribution < -0.4 is 15.6 Å². The van der Waals surface area contributed by atoms with Crippen LogP contribution in [-0.2, 0) is 9.59 Å². The highest BCUT2D eigenvalue weighted by Gasteiger charge is 2.44. The third-order valence-corrected chi connectivity index (χ3v) is 4.78. The summed E-state index contributed by atoms with van der Waals surface area (Å²) in [5.74, 6) is 0.126. The molecule has 3 atom stereocenters. The molecule has 1 fully saturated rings. The van der Waals surface area contributed by atoms with Gasteiger partial charge in [-0.25, -0.2) is 0 Å². The van der Waals surface area contributed by atoms with Crippen LogP contribution in [0.15, 0.2) is 42.7 Å². The Hall–Kier alpha value is -2.89. The van der Waals surface area contributed by atoms with Crippen molar-refractivity contribution in [2.75, 3.05) is 0 Å². The van der Waals surface area contributed by atoms with Gasteiger partial charge in [0.15, 0.2) is 6.10 Å². The minimum absolute atomic E-state index is 0.130. The quantitative estimate of drug-likeness (QED) is 0.809. The number of aromatic nitrogens is 1. The summed E-state index contributed by atoms with van der Waals surface area (Å²) in [6.45, 7) is 5.59.